The number of nitrogens with zero attached hydrogens (tertiary/aromatic N) is 1. The molecule has 0 aromatic rings. The van der Waals surface area contributed by atoms with Crippen molar-refractivity contribution in [3.05, 3.63) is 0 Å². The molecule has 0 aromatic heterocycles. The van der Waals surface area contributed by atoms with Gasteiger partial charge in [0.25, 0.3) is 0 Å². The highest BCUT2D eigenvalue weighted by molar-refractivity contribution is 5.67. The average Bonchev–Trinajstić information content (AvgIpc) is 2.85. The SMILES string of the molecule is CC(C)OC(=O)N1CCC2(CC1)CO2. The number of rotatable bonds is 1. The Bertz CT molecular complexity index is 226. The van der Waals surface area contributed by atoms with E-state index < -0.39 is 0 Å². The Morgan fingerprint density at radius 3 is 2.43 bits per heavy atom. The zero-order chi connectivity index (χ0) is 10.2. The lowest BCUT2D eigenvalue weighted by Crippen LogP contribution is -2.42. The second-order valence-electron chi connectivity index (χ2n) is 4.39. The van der Waals surface area contributed by atoms with Crippen LogP contribution < -0.4 is 0 Å². The molecule has 80 valence electrons. The molecule has 0 N–H and O–H groups in total. The Balaban J connectivity index is 1.79. The second-order valence-corrected chi connectivity index (χ2v) is 4.39. The van der Waals surface area contributed by atoms with E-state index in [9.17, 15) is 4.79 Å². The molecule has 0 radical (unpaired) electrons. The fourth-order valence-electron chi connectivity index (χ4n) is 1.76. The van der Waals surface area contributed by atoms with E-state index in [0.717, 1.165) is 32.5 Å². The fourth-order valence-corrected chi connectivity index (χ4v) is 1.76. The van der Waals surface area contributed by atoms with Gasteiger partial charge in [0.15, 0.2) is 0 Å². The van der Waals surface area contributed by atoms with Crippen LogP contribution in [0.2, 0.25) is 0 Å². The summed E-state index contributed by atoms with van der Waals surface area (Å²) < 4.78 is 10.5. The molecule has 2 rings (SSSR count). The van der Waals surface area contributed by atoms with Gasteiger partial charge < -0.3 is 14.4 Å². The predicted octanol–water partition coefficient (Wildman–Crippen LogP) is 1.40. The van der Waals surface area contributed by atoms with Gasteiger partial charge in [-0.3, -0.25) is 0 Å². The minimum Gasteiger partial charge on any atom is -0.447 e. The minimum absolute atomic E-state index is 0.0319. The summed E-state index contributed by atoms with van der Waals surface area (Å²) in [5, 5.41) is 0. The summed E-state index contributed by atoms with van der Waals surface area (Å²) >= 11 is 0. The smallest absolute Gasteiger partial charge is 0.410 e. The molecule has 0 aromatic carbocycles. The van der Waals surface area contributed by atoms with Crippen molar-refractivity contribution in [3.8, 4) is 0 Å². The first-order valence-corrected chi connectivity index (χ1v) is 5.21. The number of epoxide rings is 1. The number of amides is 1. The van der Waals surface area contributed by atoms with Crippen molar-refractivity contribution in [2.24, 2.45) is 0 Å². The van der Waals surface area contributed by atoms with Crippen molar-refractivity contribution in [2.75, 3.05) is 19.7 Å². The van der Waals surface area contributed by atoms with Gasteiger partial charge in [0.05, 0.1) is 18.3 Å². The Kier molecular flexibility index (Phi) is 2.39. The van der Waals surface area contributed by atoms with Gasteiger partial charge in [0.1, 0.15) is 0 Å². The van der Waals surface area contributed by atoms with E-state index in [1.807, 2.05) is 13.8 Å². The topological polar surface area (TPSA) is 42.1 Å². The first-order chi connectivity index (χ1) is 6.61. The largest absolute Gasteiger partial charge is 0.447 e. The molecule has 0 unspecified atom stereocenters. The third kappa shape index (κ3) is 2.00. The summed E-state index contributed by atoms with van der Waals surface area (Å²) in [6.45, 7) is 6.15. The molecule has 2 saturated heterocycles. The zero-order valence-corrected chi connectivity index (χ0v) is 8.78. The molecule has 2 heterocycles. The molecule has 0 saturated carbocycles. The van der Waals surface area contributed by atoms with Gasteiger partial charge in [0.2, 0.25) is 0 Å². The van der Waals surface area contributed by atoms with Gasteiger partial charge in [-0.05, 0) is 26.7 Å². The standard InChI is InChI=1S/C10H17NO3/c1-8(2)14-9(12)11-5-3-10(4-6-11)7-13-10/h8H,3-7H2,1-2H3. The van der Waals surface area contributed by atoms with Crippen LogP contribution in [0.25, 0.3) is 0 Å². The van der Waals surface area contributed by atoms with Gasteiger partial charge in [-0.15, -0.1) is 0 Å². The van der Waals surface area contributed by atoms with Crippen molar-refractivity contribution >= 4 is 6.09 Å². The molecule has 2 aliphatic rings. The molecule has 0 aliphatic carbocycles. The van der Waals surface area contributed by atoms with E-state index in [0.29, 0.717) is 0 Å². The summed E-state index contributed by atoms with van der Waals surface area (Å²) in [5.41, 5.74) is 0.134. The highest BCUT2D eigenvalue weighted by Gasteiger charge is 2.47. The third-order valence-corrected chi connectivity index (χ3v) is 2.82. The molecular weight excluding hydrogens is 182 g/mol. The lowest BCUT2D eigenvalue weighted by Gasteiger charge is -2.30. The number of hydrogen-bond acceptors (Lipinski definition) is 3. The summed E-state index contributed by atoms with van der Waals surface area (Å²) in [4.78, 5) is 13.3. The van der Waals surface area contributed by atoms with Crippen LogP contribution in [0.15, 0.2) is 0 Å². The van der Waals surface area contributed by atoms with Crippen LogP contribution in [-0.4, -0.2) is 42.4 Å². The number of hydrogen-bond donors (Lipinski definition) is 0. The molecule has 2 aliphatic heterocycles. The predicted molar refractivity (Wildman–Crippen MR) is 51.1 cm³/mol. The average molecular weight is 199 g/mol. The first-order valence-electron chi connectivity index (χ1n) is 5.21. The Morgan fingerprint density at radius 2 is 2.00 bits per heavy atom. The molecule has 14 heavy (non-hydrogen) atoms. The minimum atomic E-state index is -0.185. The van der Waals surface area contributed by atoms with Crippen molar-refractivity contribution < 1.29 is 14.3 Å². The van der Waals surface area contributed by atoms with E-state index in [1.54, 1.807) is 4.90 Å². The van der Waals surface area contributed by atoms with Crippen molar-refractivity contribution in [1.29, 1.82) is 0 Å². The van der Waals surface area contributed by atoms with Crippen LogP contribution in [0.3, 0.4) is 0 Å². The number of likely N-dealkylation sites (tertiary alicyclic amines) is 1. The number of piperidine rings is 1. The second kappa shape index (κ2) is 3.42. The molecule has 2 fully saturated rings. The van der Waals surface area contributed by atoms with Crippen LogP contribution in [0.1, 0.15) is 26.7 Å². The van der Waals surface area contributed by atoms with Crippen molar-refractivity contribution in [2.45, 2.75) is 38.4 Å². The van der Waals surface area contributed by atoms with E-state index in [-0.39, 0.29) is 17.8 Å². The molecule has 0 atom stereocenters. The quantitative estimate of drug-likeness (QED) is 0.599. The Morgan fingerprint density at radius 1 is 1.43 bits per heavy atom. The normalized spacial score (nSPS) is 24.1. The van der Waals surface area contributed by atoms with Crippen LogP contribution in [0.5, 0.6) is 0 Å². The summed E-state index contributed by atoms with van der Waals surface area (Å²) in [6.07, 6.45) is 1.70. The number of carbonyl (C=O) groups is 1. The lowest BCUT2D eigenvalue weighted by atomic mass is 9.98. The molecule has 1 amide bonds. The van der Waals surface area contributed by atoms with Crippen molar-refractivity contribution in [1.82, 2.24) is 4.90 Å². The highest BCUT2D eigenvalue weighted by Crippen LogP contribution is 2.37. The van der Waals surface area contributed by atoms with Gasteiger partial charge >= 0.3 is 6.09 Å². The van der Waals surface area contributed by atoms with Gasteiger partial charge in [-0.25, -0.2) is 4.79 Å². The molecular formula is C10H17NO3. The van der Waals surface area contributed by atoms with Crippen LogP contribution >= 0.6 is 0 Å². The van der Waals surface area contributed by atoms with Gasteiger partial charge in [-0.1, -0.05) is 0 Å². The molecule has 4 heteroatoms. The van der Waals surface area contributed by atoms with Crippen LogP contribution in [-0.2, 0) is 9.47 Å². The number of carbonyl (C=O) groups excluding carboxylic acids is 1. The van der Waals surface area contributed by atoms with Crippen LogP contribution in [0.4, 0.5) is 4.79 Å². The zero-order valence-electron chi connectivity index (χ0n) is 8.78. The maximum Gasteiger partial charge on any atom is 0.410 e. The molecule has 0 bridgehead atoms. The van der Waals surface area contributed by atoms with E-state index in [2.05, 4.69) is 0 Å². The van der Waals surface area contributed by atoms with Gasteiger partial charge in [0, 0.05) is 13.1 Å². The Hall–Kier alpha value is -0.770. The fraction of sp³-hybridized carbons (Fsp3) is 0.900. The first kappa shape index (κ1) is 9.77. The lowest BCUT2D eigenvalue weighted by molar-refractivity contribution is 0.0611. The third-order valence-electron chi connectivity index (χ3n) is 2.82. The van der Waals surface area contributed by atoms with E-state index >= 15 is 0 Å². The van der Waals surface area contributed by atoms with Crippen LogP contribution in [0, 0.1) is 0 Å². The molecule has 4 nitrogen and oxygen atoms in total. The van der Waals surface area contributed by atoms with Gasteiger partial charge in [-0.2, -0.15) is 0 Å². The van der Waals surface area contributed by atoms with E-state index in [4.69, 9.17) is 9.47 Å². The Labute approximate surface area is 84.2 Å². The summed E-state index contributed by atoms with van der Waals surface area (Å²) in [5.74, 6) is 0. The summed E-state index contributed by atoms with van der Waals surface area (Å²) in [7, 11) is 0. The molecule has 1 spiro atoms. The maximum atomic E-state index is 11.5. The summed E-state index contributed by atoms with van der Waals surface area (Å²) in [6, 6.07) is 0. The van der Waals surface area contributed by atoms with E-state index in [1.165, 1.54) is 0 Å². The monoisotopic (exact) mass is 199 g/mol. The maximum absolute atomic E-state index is 11.5. The number of ether oxygens (including phenoxy) is 2. The van der Waals surface area contributed by atoms with Crippen molar-refractivity contribution in [3.63, 3.8) is 0 Å². The highest BCUT2D eigenvalue weighted by atomic mass is 16.6.